The van der Waals surface area contributed by atoms with Gasteiger partial charge in [-0.3, -0.25) is 0 Å². The van der Waals surface area contributed by atoms with Crippen LogP contribution in [0.3, 0.4) is 0 Å². The fourth-order valence-corrected chi connectivity index (χ4v) is 1.20. The molecule has 0 aliphatic rings. The van der Waals surface area contributed by atoms with Crippen LogP contribution in [-0.2, 0) is 0 Å². The first-order chi connectivity index (χ1) is 7.24. The van der Waals surface area contributed by atoms with Crippen molar-refractivity contribution >= 4 is 23.5 Å². The quantitative estimate of drug-likeness (QED) is 0.311. The first kappa shape index (κ1) is 11.5. The second-order valence-corrected chi connectivity index (χ2v) is 3.24. The van der Waals surface area contributed by atoms with Gasteiger partial charge in [0, 0.05) is 6.54 Å². The predicted octanol–water partition coefficient (Wildman–Crippen LogP) is -0.709. The average molecular weight is 224 g/mol. The minimum atomic E-state index is 0.223. The minimum absolute atomic E-state index is 0.223. The maximum atomic E-state index is 9.43. The van der Waals surface area contributed by atoms with Crippen LogP contribution in [0.2, 0.25) is 0 Å². The summed E-state index contributed by atoms with van der Waals surface area (Å²) in [5.74, 6) is 0.223. The van der Waals surface area contributed by atoms with Gasteiger partial charge < -0.3 is 10.4 Å². The molecular weight excluding hydrogens is 210 g/mol. The van der Waals surface area contributed by atoms with Gasteiger partial charge in [-0.15, -0.1) is 10.5 Å². The van der Waals surface area contributed by atoms with Crippen molar-refractivity contribution in [1.82, 2.24) is 10.7 Å². The van der Waals surface area contributed by atoms with E-state index in [0.717, 1.165) is 6.54 Å². The van der Waals surface area contributed by atoms with E-state index in [1.807, 2.05) is 13.0 Å². The zero-order valence-electron chi connectivity index (χ0n) is 8.45. The molecule has 0 bridgehead atoms. The molecule has 1 rings (SSSR count). The van der Waals surface area contributed by atoms with E-state index in [0.29, 0.717) is 10.7 Å². The van der Waals surface area contributed by atoms with Crippen LogP contribution in [0.5, 0.6) is 5.75 Å². The van der Waals surface area contributed by atoms with Gasteiger partial charge in [0.15, 0.2) is 0 Å². The Labute approximate surface area is 94.0 Å². The molecule has 1 aromatic carbocycles. The highest BCUT2D eigenvalue weighted by atomic mass is 32.1. The molecule has 0 saturated heterocycles. The van der Waals surface area contributed by atoms with E-state index >= 15 is 0 Å². The summed E-state index contributed by atoms with van der Waals surface area (Å²) in [6.07, 6.45) is 1.64. The van der Waals surface area contributed by atoms with Gasteiger partial charge in [-0.2, -0.15) is 0 Å². The highest BCUT2D eigenvalue weighted by molar-refractivity contribution is 7.80. The summed E-state index contributed by atoms with van der Waals surface area (Å²) in [6.45, 7) is 2.73. The number of hydrazine groups is 1. The Kier molecular flexibility index (Phi) is 4.56. The number of nitrogens with one attached hydrogen (secondary N) is 3. The second-order valence-electron chi connectivity index (χ2n) is 2.83. The lowest BCUT2D eigenvalue weighted by molar-refractivity contribution is -0.500. The summed E-state index contributed by atoms with van der Waals surface area (Å²) in [4.78, 5) is 0. The molecule has 0 unspecified atom stereocenters. The summed E-state index contributed by atoms with van der Waals surface area (Å²) < 4.78 is 0. The van der Waals surface area contributed by atoms with Crippen LogP contribution < -0.4 is 15.8 Å². The van der Waals surface area contributed by atoms with Crippen molar-refractivity contribution in [1.29, 1.82) is 0 Å². The van der Waals surface area contributed by atoms with Gasteiger partial charge in [0.05, 0.1) is 5.56 Å². The van der Waals surface area contributed by atoms with E-state index in [9.17, 15) is 5.11 Å². The first-order valence-corrected chi connectivity index (χ1v) is 5.05. The van der Waals surface area contributed by atoms with E-state index in [1.54, 1.807) is 24.4 Å². The number of phenolic OH excluding ortho intramolecular Hbond substituents is 1. The van der Waals surface area contributed by atoms with Crippen molar-refractivity contribution in [3.8, 4) is 5.75 Å². The van der Waals surface area contributed by atoms with Crippen LogP contribution in [-0.4, -0.2) is 23.0 Å². The van der Waals surface area contributed by atoms with Crippen LogP contribution in [0.4, 0.5) is 0 Å². The molecule has 15 heavy (non-hydrogen) atoms. The molecule has 0 radical (unpaired) electrons. The fourth-order valence-electron chi connectivity index (χ4n) is 0.994. The van der Waals surface area contributed by atoms with Gasteiger partial charge in [-0.05, 0) is 31.3 Å². The third kappa shape index (κ3) is 3.95. The maximum Gasteiger partial charge on any atom is 0.223 e. The molecule has 5 heteroatoms. The van der Waals surface area contributed by atoms with Crippen LogP contribution in [0.15, 0.2) is 24.3 Å². The lowest BCUT2D eigenvalue weighted by atomic mass is 10.2. The molecule has 0 aliphatic carbocycles. The number of thiocarbonyl (C=S) groups is 1. The summed E-state index contributed by atoms with van der Waals surface area (Å²) in [5.41, 5.74) is 3.46. The topological polar surface area (TPSA) is 58.3 Å². The minimum Gasteiger partial charge on any atom is -0.507 e. The molecule has 1 aromatic rings. The van der Waals surface area contributed by atoms with Crippen LogP contribution in [0, 0.1) is 0 Å². The van der Waals surface area contributed by atoms with Gasteiger partial charge in [0.1, 0.15) is 5.75 Å². The SMILES string of the molecule is CCNC(=S)N/[NH+]=C/c1ccccc1O. The average Bonchev–Trinajstić information content (AvgIpc) is 2.21. The van der Waals surface area contributed by atoms with E-state index in [-0.39, 0.29) is 5.75 Å². The van der Waals surface area contributed by atoms with Crippen molar-refractivity contribution in [2.45, 2.75) is 6.92 Å². The molecule has 0 aromatic heterocycles. The van der Waals surface area contributed by atoms with Crippen LogP contribution in [0.1, 0.15) is 12.5 Å². The molecule has 4 N–H and O–H groups in total. The van der Waals surface area contributed by atoms with E-state index < -0.39 is 0 Å². The maximum absolute atomic E-state index is 9.43. The molecule has 0 atom stereocenters. The molecule has 0 heterocycles. The summed E-state index contributed by atoms with van der Waals surface area (Å²) in [5, 5.41) is 15.7. The number of hydrogen-bond donors (Lipinski definition) is 4. The zero-order chi connectivity index (χ0) is 11.1. The van der Waals surface area contributed by atoms with Gasteiger partial charge in [-0.1, -0.05) is 12.1 Å². The highest BCUT2D eigenvalue weighted by Gasteiger charge is 1.98. The lowest BCUT2D eigenvalue weighted by Crippen LogP contribution is -2.82. The number of para-hydroxylation sites is 1. The molecule has 80 valence electrons. The normalized spacial score (nSPS) is 10.2. The fraction of sp³-hybridized carbons (Fsp3) is 0.200. The standard InChI is InChI=1S/C10H13N3OS/c1-2-11-10(15)13-12-7-8-5-3-4-6-9(8)14/h3-7,14H,2H2,1H3,(H2,11,13,15)/p+1/b12-7+. The van der Waals surface area contributed by atoms with Crippen molar-refractivity contribution in [3.05, 3.63) is 29.8 Å². The highest BCUT2D eigenvalue weighted by Crippen LogP contribution is 2.11. The molecule has 0 aliphatic heterocycles. The molecule has 0 fully saturated rings. The van der Waals surface area contributed by atoms with Gasteiger partial charge >= 0.3 is 0 Å². The lowest BCUT2D eigenvalue weighted by Gasteiger charge is -1.98. The third-order valence-corrected chi connectivity index (χ3v) is 1.93. The third-order valence-electron chi connectivity index (χ3n) is 1.69. The van der Waals surface area contributed by atoms with Crippen LogP contribution in [0.25, 0.3) is 0 Å². The number of phenols is 1. The number of aromatic hydroxyl groups is 1. The number of benzene rings is 1. The monoisotopic (exact) mass is 224 g/mol. The summed E-state index contributed by atoms with van der Waals surface area (Å²) in [6, 6.07) is 7.02. The Bertz CT molecular complexity index is 365. The zero-order valence-corrected chi connectivity index (χ0v) is 9.27. The van der Waals surface area contributed by atoms with Crippen molar-refractivity contribution < 1.29 is 10.2 Å². The van der Waals surface area contributed by atoms with Crippen molar-refractivity contribution in [2.75, 3.05) is 6.54 Å². The first-order valence-electron chi connectivity index (χ1n) is 4.64. The smallest absolute Gasteiger partial charge is 0.223 e. The van der Waals surface area contributed by atoms with Crippen molar-refractivity contribution in [2.24, 2.45) is 0 Å². The molecule has 0 saturated carbocycles. The van der Waals surface area contributed by atoms with Gasteiger partial charge in [0.2, 0.25) is 11.3 Å². The molecule has 0 spiro atoms. The number of hydrogen-bond acceptors (Lipinski definition) is 2. The predicted molar refractivity (Wildman–Crippen MR) is 63.6 cm³/mol. The number of hydrazone groups is 1. The van der Waals surface area contributed by atoms with Crippen molar-refractivity contribution in [3.63, 3.8) is 0 Å². The van der Waals surface area contributed by atoms with E-state index in [4.69, 9.17) is 12.2 Å². The summed E-state index contributed by atoms with van der Waals surface area (Å²) in [7, 11) is 0. The van der Waals surface area contributed by atoms with Gasteiger partial charge in [0.25, 0.3) is 0 Å². The van der Waals surface area contributed by atoms with Crippen LogP contribution >= 0.6 is 12.2 Å². The Morgan fingerprint density at radius 1 is 1.53 bits per heavy atom. The molecule has 4 nitrogen and oxygen atoms in total. The number of rotatable bonds is 3. The second kappa shape index (κ2) is 5.98. The Morgan fingerprint density at radius 2 is 2.27 bits per heavy atom. The van der Waals surface area contributed by atoms with E-state index in [2.05, 4.69) is 15.8 Å². The Hall–Kier alpha value is -1.62. The Morgan fingerprint density at radius 3 is 2.93 bits per heavy atom. The van der Waals surface area contributed by atoms with Gasteiger partial charge in [-0.25, -0.2) is 0 Å². The molecular formula is C10H14N3OS+. The summed E-state index contributed by atoms with van der Waals surface area (Å²) >= 11 is 4.93. The molecule has 0 amide bonds. The Balaban J connectivity index is 2.52. The van der Waals surface area contributed by atoms with E-state index in [1.165, 1.54) is 0 Å². The largest absolute Gasteiger partial charge is 0.507 e.